The van der Waals surface area contributed by atoms with Crippen molar-refractivity contribution >= 4 is 39.7 Å². The zero-order chi connectivity index (χ0) is 15.6. The molecule has 0 atom stereocenters. The quantitative estimate of drug-likeness (QED) is 0.682. The van der Waals surface area contributed by atoms with E-state index < -0.39 is 23.5 Å². The summed E-state index contributed by atoms with van der Waals surface area (Å²) in [4.78, 5) is 18.3. The lowest BCUT2D eigenvalue weighted by Gasteiger charge is -2.12. The molecular weight excluding hydrogens is 331 g/mol. The summed E-state index contributed by atoms with van der Waals surface area (Å²) in [6, 6.07) is 1.43. The average molecular weight is 338 g/mol. The van der Waals surface area contributed by atoms with Crippen molar-refractivity contribution in [2.24, 2.45) is 0 Å². The maximum Gasteiger partial charge on any atom is 0.421 e. The van der Waals surface area contributed by atoms with E-state index in [4.69, 9.17) is 11.6 Å². The zero-order valence-corrected chi connectivity index (χ0v) is 11.9. The number of anilines is 2. The highest BCUT2D eigenvalue weighted by Crippen LogP contribution is 2.36. The molecule has 5 nitrogen and oxygen atoms in total. The van der Waals surface area contributed by atoms with Gasteiger partial charge in [-0.3, -0.25) is 0 Å². The lowest BCUT2D eigenvalue weighted by atomic mass is 10.3. The molecule has 0 radical (unpaired) electrons. The highest BCUT2D eigenvalue weighted by molar-refractivity contribution is 7.14. The normalized spacial score (nSPS) is 11.3. The summed E-state index contributed by atoms with van der Waals surface area (Å²) in [5, 5.41) is 3.80. The minimum atomic E-state index is -4.66. The topological polar surface area (TPSA) is 64.1 Å². The Bertz CT molecular complexity index is 675. The van der Waals surface area contributed by atoms with Gasteiger partial charge in [0, 0.05) is 6.20 Å². The lowest BCUT2D eigenvalue weighted by Crippen LogP contribution is -2.12. The van der Waals surface area contributed by atoms with E-state index in [9.17, 15) is 18.0 Å². The Balaban J connectivity index is 2.43. The standard InChI is InChI=1S/C11H7ClF3N3O2S/c1-20-9(19)5-2-3-21-8(5)17-7-6(11(13,14)15)4-16-10(12)18-7/h2-4H,1H3,(H,16,17,18). The fourth-order valence-corrected chi connectivity index (χ4v) is 2.35. The first-order valence-corrected chi connectivity index (χ1v) is 6.61. The second-order valence-electron chi connectivity index (χ2n) is 3.68. The number of hydrogen-bond donors (Lipinski definition) is 1. The Labute approximate surface area is 125 Å². The summed E-state index contributed by atoms with van der Waals surface area (Å²) in [6.07, 6.45) is -4.08. The van der Waals surface area contributed by atoms with Crippen LogP contribution in [0.4, 0.5) is 24.0 Å². The maximum absolute atomic E-state index is 12.9. The molecule has 2 aromatic rings. The SMILES string of the molecule is COC(=O)c1ccsc1Nc1nc(Cl)ncc1C(F)(F)F. The molecule has 0 aromatic carbocycles. The molecule has 0 fully saturated rings. The highest BCUT2D eigenvalue weighted by atomic mass is 35.5. The molecular formula is C11H7ClF3N3O2S. The predicted octanol–water partition coefficient (Wildman–Crippen LogP) is 3.74. The van der Waals surface area contributed by atoms with Crippen molar-refractivity contribution in [1.29, 1.82) is 0 Å². The van der Waals surface area contributed by atoms with Gasteiger partial charge in [0.15, 0.2) is 0 Å². The van der Waals surface area contributed by atoms with Crippen LogP contribution in [0.5, 0.6) is 0 Å². The van der Waals surface area contributed by atoms with Crippen LogP contribution in [0.15, 0.2) is 17.6 Å². The fourth-order valence-electron chi connectivity index (χ4n) is 1.45. The third-order valence-electron chi connectivity index (χ3n) is 2.37. The maximum atomic E-state index is 12.9. The van der Waals surface area contributed by atoms with Crippen LogP contribution in [0, 0.1) is 0 Å². The number of carbonyl (C=O) groups excluding carboxylic acids is 1. The Morgan fingerprint density at radius 2 is 2.19 bits per heavy atom. The molecule has 21 heavy (non-hydrogen) atoms. The monoisotopic (exact) mass is 337 g/mol. The first kappa shape index (κ1) is 15.5. The van der Waals surface area contributed by atoms with Gasteiger partial charge in [-0.1, -0.05) is 0 Å². The van der Waals surface area contributed by atoms with Crippen molar-refractivity contribution in [2.75, 3.05) is 12.4 Å². The Morgan fingerprint density at radius 1 is 1.48 bits per heavy atom. The Morgan fingerprint density at radius 3 is 2.81 bits per heavy atom. The number of rotatable bonds is 3. The van der Waals surface area contributed by atoms with Gasteiger partial charge >= 0.3 is 12.1 Å². The largest absolute Gasteiger partial charge is 0.465 e. The molecule has 0 saturated carbocycles. The number of hydrogen-bond acceptors (Lipinski definition) is 6. The van der Waals surface area contributed by atoms with Crippen molar-refractivity contribution in [3.63, 3.8) is 0 Å². The second kappa shape index (κ2) is 5.86. The molecule has 1 N–H and O–H groups in total. The molecule has 0 amide bonds. The number of thiophene rings is 1. The first-order chi connectivity index (χ1) is 9.82. The van der Waals surface area contributed by atoms with Gasteiger partial charge in [-0.15, -0.1) is 11.3 Å². The Hall–Kier alpha value is -1.87. The van der Waals surface area contributed by atoms with Crippen molar-refractivity contribution in [3.8, 4) is 0 Å². The van der Waals surface area contributed by atoms with Crippen LogP contribution < -0.4 is 5.32 Å². The van der Waals surface area contributed by atoms with E-state index in [1.807, 2.05) is 0 Å². The molecule has 2 rings (SSSR count). The van der Waals surface area contributed by atoms with Crippen molar-refractivity contribution < 1.29 is 22.7 Å². The summed E-state index contributed by atoms with van der Waals surface area (Å²) in [5.74, 6) is -1.21. The summed E-state index contributed by atoms with van der Waals surface area (Å²) in [7, 11) is 1.17. The molecule has 112 valence electrons. The molecule has 0 bridgehead atoms. The van der Waals surface area contributed by atoms with Crippen LogP contribution in [0.1, 0.15) is 15.9 Å². The van der Waals surface area contributed by atoms with E-state index in [0.717, 1.165) is 11.3 Å². The van der Waals surface area contributed by atoms with Gasteiger partial charge in [-0.2, -0.15) is 18.2 Å². The van der Waals surface area contributed by atoms with E-state index in [1.165, 1.54) is 18.6 Å². The molecule has 2 aromatic heterocycles. The third kappa shape index (κ3) is 3.42. The van der Waals surface area contributed by atoms with Crippen LogP contribution in [0.2, 0.25) is 5.28 Å². The molecule has 0 aliphatic rings. The second-order valence-corrected chi connectivity index (χ2v) is 4.93. The number of nitrogens with zero attached hydrogens (tertiary/aromatic N) is 2. The van der Waals surface area contributed by atoms with Gasteiger partial charge < -0.3 is 10.1 Å². The number of halogens is 4. The van der Waals surface area contributed by atoms with E-state index in [2.05, 4.69) is 20.0 Å². The van der Waals surface area contributed by atoms with Gasteiger partial charge in [0.2, 0.25) is 5.28 Å². The number of nitrogens with one attached hydrogen (secondary N) is 1. The van der Waals surface area contributed by atoms with Crippen LogP contribution in [-0.4, -0.2) is 23.0 Å². The van der Waals surface area contributed by atoms with Crippen LogP contribution in [0.25, 0.3) is 0 Å². The third-order valence-corrected chi connectivity index (χ3v) is 3.38. The highest BCUT2D eigenvalue weighted by Gasteiger charge is 2.35. The fraction of sp³-hybridized carbons (Fsp3) is 0.182. The number of esters is 1. The summed E-state index contributed by atoms with van der Waals surface area (Å²) >= 11 is 6.55. The van der Waals surface area contributed by atoms with E-state index in [-0.39, 0.29) is 15.8 Å². The van der Waals surface area contributed by atoms with Crippen LogP contribution >= 0.6 is 22.9 Å². The van der Waals surface area contributed by atoms with Gasteiger partial charge in [-0.25, -0.2) is 9.78 Å². The van der Waals surface area contributed by atoms with Crippen molar-refractivity contribution in [1.82, 2.24) is 9.97 Å². The number of ether oxygens (including phenoxy) is 1. The van der Waals surface area contributed by atoms with Crippen molar-refractivity contribution in [2.45, 2.75) is 6.18 Å². The van der Waals surface area contributed by atoms with Gasteiger partial charge in [-0.05, 0) is 23.0 Å². The number of methoxy groups -OCH3 is 1. The molecule has 0 aliphatic heterocycles. The van der Waals surface area contributed by atoms with Crippen LogP contribution in [0.3, 0.4) is 0 Å². The number of alkyl halides is 3. The number of carbonyl (C=O) groups is 1. The smallest absolute Gasteiger partial charge is 0.421 e. The molecule has 2 heterocycles. The molecule has 0 spiro atoms. The van der Waals surface area contributed by atoms with Gasteiger partial charge in [0.25, 0.3) is 0 Å². The predicted molar refractivity (Wildman–Crippen MR) is 71.0 cm³/mol. The summed E-state index contributed by atoms with van der Waals surface area (Å²) < 4.78 is 43.2. The molecule has 0 aliphatic carbocycles. The number of aromatic nitrogens is 2. The minimum Gasteiger partial charge on any atom is -0.465 e. The summed E-state index contributed by atoms with van der Waals surface area (Å²) in [5.41, 5.74) is -0.985. The van der Waals surface area contributed by atoms with Gasteiger partial charge in [0.1, 0.15) is 16.4 Å². The van der Waals surface area contributed by atoms with E-state index >= 15 is 0 Å². The minimum absolute atomic E-state index is 0.102. The summed E-state index contributed by atoms with van der Waals surface area (Å²) in [6.45, 7) is 0. The zero-order valence-electron chi connectivity index (χ0n) is 10.4. The first-order valence-electron chi connectivity index (χ1n) is 5.35. The van der Waals surface area contributed by atoms with E-state index in [0.29, 0.717) is 6.20 Å². The molecule has 10 heteroatoms. The van der Waals surface area contributed by atoms with Crippen molar-refractivity contribution in [3.05, 3.63) is 34.1 Å². The average Bonchev–Trinajstić information content (AvgIpc) is 2.84. The van der Waals surface area contributed by atoms with Crippen LogP contribution in [-0.2, 0) is 10.9 Å². The lowest BCUT2D eigenvalue weighted by molar-refractivity contribution is -0.137. The molecule has 0 saturated heterocycles. The van der Waals surface area contributed by atoms with Gasteiger partial charge in [0.05, 0.1) is 12.7 Å². The molecule has 0 unspecified atom stereocenters. The Kier molecular flexibility index (Phi) is 4.33. The van der Waals surface area contributed by atoms with E-state index in [1.54, 1.807) is 0 Å².